The number of anilines is 1. The quantitative estimate of drug-likeness (QED) is 0.800. The van der Waals surface area contributed by atoms with E-state index in [0.717, 1.165) is 18.5 Å². The molecule has 2 aliphatic heterocycles. The lowest BCUT2D eigenvalue weighted by Gasteiger charge is -2.25. The molecular weight excluding hydrogens is 354 g/mol. The summed E-state index contributed by atoms with van der Waals surface area (Å²) in [6.45, 7) is 8.78. The summed E-state index contributed by atoms with van der Waals surface area (Å²) in [5.74, 6) is 0.179. The molecule has 28 heavy (non-hydrogen) atoms. The Morgan fingerprint density at radius 2 is 1.79 bits per heavy atom. The van der Waals surface area contributed by atoms with E-state index < -0.39 is 0 Å². The fraction of sp³-hybridized carbons (Fsp3) is 0.591. The molecule has 0 aliphatic carbocycles. The van der Waals surface area contributed by atoms with E-state index in [4.69, 9.17) is 0 Å². The number of para-hydroxylation sites is 1. The number of hydrogen-bond acceptors (Lipinski definition) is 3. The van der Waals surface area contributed by atoms with Gasteiger partial charge in [0.2, 0.25) is 17.7 Å². The van der Waals surface area contributed by atoms with Gasteiger partial charge in [-0.05, 0) is 30.4 Å². The lowest BCUT2D eigenvalue weighted by Crippen LogP contribution is -2.40. The normalized spacial score (nSPS) is 21.6. The molecule has 2 fully saturated rings. The van der Waals surface area contributed by atoms with Crippen molar-refractivity contribution in [3.05, 3.63) is 29.8 Å². The SMILES string of the molecule is CCC(C)c1ccccc1N1CC(C(=O)N2CCCN(C(C)=O)CC2)CC1=O. The number of benzene rings is 1. The van der Waals surface area contributed by atoms with E-state index in [9.17, 15) is 14.4 Å². The Hall–Kier alpha value is -2.37. The highest BCUT2D eigenvalue weighted by Crippen LogP contribution is 2.34. The van der Waals surface area contributed by atoms with Crippen LogP contribution in [-0.4, -0.2) is 60.2 Å². The Morgan fingerprint density at radius 3 is 2.50 bits per heavy atom. The minimum Gasteiger partial charge on any atom is -0.341 e. The fourth-order valence-corrected chi connectivity index (χ4v) is 4.19. The second-order valence-corrected chi connectivity index (χ2v) is 7.96. The molecule has 152 valence electrons. The zero-order chi connectivity index (χ0) is 20.3. The molecule has 0 aromatic heterocycles. The van der Waals surface area contributed by atoms with Crippen molar-refractivity contribution in [2.45, 2.75) is 46.0 Å². The molecule has 3 rings (SSSR count). The van der Waals surface area contributed by atoms with E-state index in [2.05, 4.69) is 19.9 Å². The molecule has 2 unspecified atom stereocenters. The first-order valence-corrected chi connectivity index (χ1v) is 10.4. The molecule has 0 N–H and O–H groups in total. The first-order chi connectivity index (χ1) is 13.4. The van der Waals surface area contributed by atoms with Gasteiger partial charge >= 0.3 is 0 Å². The third-order valence-corrected chi connectivity index (χ3v) is 6.10. The predicted octanol–water partition coefficient (Wildman–Crippen LogP) is 2.63. The average Bonchev–Trinajstić information content (AvgIpc) is 2.91. The van der Waals surface area contributed by atoms with E-state index in [-0.39, 0.29) is 30.1 Å². The second-order valence-electron chi connectivity index (χ2n) is 7.96. The van der Waals surface area contributed by atoms with Gasteiger partial charge in [-0.2, -0.15) is 0 Å². The van der Waals surface area contributed by atoms with Crippen LogP contribution in [0.1, 0.15) is 51.5 Å². The van der Waals surface area contributed by atoms with Crippen LogP contribution in [0.2, 0.25) is 0 Å². The molecule has 2 heterocycles. The molecule has 3 amide bonds. The Morgan fingerprint density at radius 1 is 1.11 bits per heavy atom. The molecule has 6 nitrogen and oxygen atoms in total. The minimum absolute atomic E-state index is 0.0225. The van der Waals surface area contributed by atoms with Crippen LogP contribution in [0.25, 0.3) is 0 Å². The molecule has 2 aliphatic rings. The summed E-state index contributed by atoms with van der Waals surface area (Å²) in [6.07, 6.45) is 2.05. The number of hydrogen-bond donors (Lipinski definition) is 0. The van der Waals surface area contributed by atoms with E-state index in [1.807, 2.05) is 23.1 Å². The van der Waals surface area contributed by atoms with Gasteiger partial charge in [-0.25, -0.2) is 0 Å². The Bertz CT molecular complexity index is 748. The van der Waals surface area contributed by atoms with Crippen molar-refractivity contribution in [3.63, 3.8) is 0 Å². The Balaban J connectivity index is 1.71. The van der Waals surface area contributed by atoms with Crippen LogP contribution in [0.4, 0.5) is 5.69 Å². The summed E-state index contributed by atoms with van der Waals surface area (Å²) in [5, 5.41) is 0. The van der Waals surface area contributed by atoms with Crippen molar-refractivity contribution in [1.82, 2.24) is 9.80 Å². The zero-order valence-corrected chi connectivity index (χ0v) is 17.2. The molecule has 1 aromatic rings. The zero-order valence-electron chi connectivity index (χ0n) is 17.2. The van der Waals surface area contributed by atoms with Crippen LogP contribution in [0.3, 0.4) is 0 Å². The number of nitrogens with zero attached hydrogens (tertiary/aromatic N) is 3. The first-order valence-electron chi connectivity index (χ1n) is 10.4. The molecule has 0 spiro atoms. The summed E-state index contributed by atoms with van der Waals surface area (Å²) in [7, 11) is 0. The Labute approximate surface area is 167 Å². The average molecular weight is 386 g/mol. The molecule has 0 bridgehead atoms. The van der Waals surface area contributed by atoms with Gasteiger partial charge in [-0.3, -0.25) is 14.4 Å². The topological polar surface area (TPSA) is 60.9 Å². The maximum atomic E-state index is 13.1. The molecule has 1 aromatic carbocycles. The van der Waals surface area contributed by atoms with E-state index >= 15 is 0 Å². The van der Waals surface area contributed by atoms with Crippen molar-refractivity contribution in [2.75, 3.05) is 37.6 Å². The van der Waals surface area contributed by atoms with E-state index in [1.54, 1.807) is 16.7 Å². The maximum absolute atomic E-state index is 13.1. The lowest BCUT2D eigenvalue weighted by molar-refractivity contribution is -0.136. The summed E-state index contributed by atoms with van der Waals surface area (Å²) in [6, 6.07) is 8.03. The molecule has 2 atom stereocenters. The lowest BCUT2D eigenvalue weighted by atomic mass is 9.96. The molecule has 0 radical (unpaired) electrons. The summed E-state index contributed by atoms with van der Waals surface area (Å²) in [5.41, 5.74) is 2.11. The molecule has 0 saturated carbocycles. The van der Waals surface area contributed by atoms with Crippen molar-refractivity contribution < 1.29 is 14.4 Å². The number of rotatable bonds is 4. The van der Waals surface area contributed by atoms with Gasteiger partial charge in [-0.15, -0.1) is 0 Å². The third-order valence-electron chi connectivity index (χ3n) is 6.10. The Kier molecular flexibility index (Phi) is 6.37. The standard InChI is InChI=1S/C22H31N3O3/c1-4-16(2)19-8-5-6-9-20(19)25-15-18(14-21(25)27)22(28)24-11-7-10-23(12-13-24)17(3)26/h5-6,8-9,16,18H,4,7,10-15H2,1-3H3. The fourth-order valence-electron chi connectivity index (χ4n) is 4.19. The van der Waals surface area contributed by atoms with E-state index in [0.29, 0.717) is 38.6 Å². The van der Waals surface area contributed by atoms with Crippen LogP contribution in [0, 0.1) is 5.92 Å². The van der Waals surface area contributed by atoms with Crippen molar-refractivity contribution >= 4 is 23.4 Å². The van der Waals surface area contributed by atoms with Gasteiger partial charge in [0.25, 0.3) is 0 Å². The summed E-state index contributed by atoms with van der Waals surface area (Å²) < 4.78 is 0. The highest BCUT2D eigenvalue weighted by molar-refractivity contribution is 6.01. The molecule has 6 heteroatoms. The van der Waals surface area contributed by atoms with Crippen molar-refractivity contribution in [1.29, 1.82) is 0 Å². The predicted molar refractivity (Wildman–Crippen MR) is 109 cm³/mol. The number of carbonyl (C=O) groups is 3. The van der Waals surface area contributed by atoms with Crippen LogP contribution in [0.15, 0.2) is 24.3 Å². The van der Waals surface area contributed by atoms with E-state index in [1.165, 1.54) is 5.56 Å². The smallest absolute Gasteiger partial charge is 0.228 e. The first kappa shape index (κ1) is 20.4. The van der Waals surface area contributed by atoms with Crippen LogP contribution < -0.4 is 4.90 Å². The van der Waals surface area contributed by atoms with Crippen LogP contribution >= 0.6 is 0 Å². The highest BCUT2D eigenvalue weighted by Gasteiger charge is 2.38. The second kappa shape index (κ2) is 8.76. The van der Waals surface area contributed by atoms with Gasteiger partial charge < -0.3 is 14.7 Å². The molecule has 2 saturated heterocycles. The van der Waals surface area contributed by atoms with Crippen molar-refractivity contribution in [3.8, 4) is 0 Å². The summed E-state index contributed by atoms with van der Waals surface area (Å²) >= 11 is 0. The van der Waals surface area contributed by atoms with Gasteiger partial charge in [0.05, 0.1) is 5.92 Å². The van der Waals surface area contributed by atoms with Crippen molar-refractivity contribution in [2.24, 2.45) is 5.92 Å². The third kappa shape index (κ3) is 4.21. The van der Waals surface area contributed by atoms with Crippen LogP contribution in [-0.2, 0) is 14.4 Å². The van der Waals surface area contributed by atoms with Gasteiger partial charge in [0.15, 0.2) is 0 Å². The van der Waals surface area contributed by atoms with Gasteiger partial charge in [0.1, 0.15) is 0 Å². The highest BCUT2D eigenvalue weighted by atomic mass is 16.2. The maximum Gasteiger partial charge on any atom is 0.228 e. The number of amides is 3. The van der Waals surface area contributed by atoms with Crippen LogP contribution in [0.5, 0.6) is 0 Å². The van der Waals surface area contributed by atoms with Gasteiger partial charge in [0, 0.05) is 51.8 Å². The summed E-state index contributed by atoms with van der Waals surface area (Å²) in [4.78, 5) is 42.9. The van der Waals surface area contributed by atoms with Gasteiger partial charge in [-0.1, -0.05) is 32.0 Å². The number of carbonyl (C=O) groups excluding carboxylic acids is 3. The monoisotopic (exact) mass is 385 g/mol. The minimum atomic E-state index is -0.304. The largest absolute Gasteiger partial charge is 0.341 e. The molecular formula is C22H31N3O3.